The van der Waals surface area contributed by atoms with Gasteiger partial charge in [-0.05, 0) is 50.0 Å². The number of piperidine rings is 1. The summed E-state index contributed by atoms with van der Waals surface area (Å²) in [5.41, 5.74) is 4.69. The second-order valence-corrected chi connectivity index (χ2v) is 8.25. The van der Waals surface area contributed by atoms with Crippen molar-refractivity contribution in [1.82, 2.24) is 10.3 Å². The van der Waals surface area contributed by atoms with Gasteiger partial charge in [0.05, 0.1) is 6.61 Å². The monoisotopic (exact) mass is 443 g/mol. The molecule has 32 heavy (non-hydrogen) atoms. The lowest BCUT2D eigenvalue weighted by molar-refractivity contribution is -0.152. The van der Waals surface area contributed by atoms with Crippen molar-refractivity contribution in [3.05, 3.63) is 47.5 Å². The number of carbonyl (C=O) groups excluding carboxylic acids is 2. The van der Waals surface area contributed by atoms with Crippen LogP contribution >= 0.6 is 0 Å². The normalized spacial score (nSPS) is 24.6. The first-order valence-electron chi connectivity index (χ1n) is 11.1. The van der Waals surface area contributed by atoms with Crippen LogP contribution in [0.15, 0.2) is 47.1 Å². The maximum absolute atomic E-state index is 12.9. The molecule has 9 heteroatoms. The molecular formula is C23H33N5O4. The van der Waals surface area contributed by atoms with E-state index in [9.17, 15) is 9.59 Å². The zero-order chi connectivity index (χ0) is 22.9. The summed E-state index contributed by atoms with van der Waals surface area (Å²) in [6, 6.07) is 8.88. The van der Waals surface area contributed by atoms with Crippen LogP contribution in [0.1, 0.15) is 44.6 Å². The minimum absolute atomic E-state index is 0.174. The lowest BCUT2D eigenvalue weighted by Gasteiger charge is -2.45. The molecule has 174 valence electrons. The molecule has 1 amide bonds. The number of ether oxygens (including phenoxy) is 2. The molecule has 0 aromatic heterocycles. The van der Waals surface area contributed by atoms with Gasteiger partial charge >= 0.3 is 12.1 Å². The number of amides is 1. The largest absolute Gasteiger partial charge is 0.464 e. The molecule has 1 aromatic carbocycles. The summed E-state index contributed by atoms with van der Waals surface area (Å²) in [5.74, 6) is 11.5. The van der Waals surface area contributed by atoms with E-state index < -0.39 is 12.1 Å². The fourth-order valence-corrected chi connectivity index (χ4v) is 4.56. The number of carbonyl (C=O) groups is 2. The quantitative estimate of drug-likeness (QED) is 0.154. The smallest absolute Gasteiger partial charge is 0.410 e. The summed E-state index contributed by atoms with van der Waals surface area (Å²) in [7, 11) is 0. The van der Waals surface area contributed by atoms with Gasteiger partial charge in [0, 0.05) is 13.0 Å². The summed E-state index contributed by atoms with van der Waals surface area (Å²) < 4.78 is 10.8. The van der Waals surface area contributed by atoms with Crippen LogP contribution < -0.4 is 17.1 Å². The SMILES string of the molecule is CCOC(=O)C1CC2C/C(=C/C/C(=N/N)NN)CCC2CN1C(=O)OCc1ccccc1. The van der Waals surface area contributed by atoms with Crippen LogP contribution in [-0.4, -0.2) is 42.0 Å². The number of hydrazine groups is 1. The van der Waals surface area contributed by atoms with Crippen molar-refractivity contribution in [2.75, 3.05) is 13.2 Å². The second kappa shape index (κ2) is 11.5. The number of hydrazone groups is 1. The number of likely N-dealkylation sites (tertiary alicyclic amines) is 1. The van der Waals surface area contributed by atoms with Crippen LogP contribution in [-0.2, 0) is 20.9 Å². The van der Waals surface area contributed by atoms with E-state index in [1.807, 2.05) is 30.3 Å². The van der Waals surface area contributed by atoms with E-state index in [-0.39, 0.29) is 19.2 Å². The van der Waals surface area contributed by atoms with E-state index in [1.54, 1.807) is 11.8 Å². The van der Waals surface area contributed by atoms with Crippen molar-refractivity contribution in [2.45, 2.75) is 51.7 Å². The molecule has 1 aromatic rings. The number of rotatable bonds is 6. The molecule has 3 unspecified atom stereocenters. The van der Waals surface area contributed by atoms with Gasteiger partial charge in [-0.25, -0.2) is 15.4 Å². The molecule has 3 rings (SSSR count). The number of nitrogens with two attached hydrogens (primary N) is 2. The van der Waals surface area contributed by atoms with Gasteiger partial charge < -0.3 is 20.7 Å². The first-order chi connectivity index (χ1) is 15.5. The van der Waals surface area contributed by atoms with Crippen LogP contribution in [0, 0.1) is 11.8 Å². The minimum atomic E-state index is -0.634. The predicted octanol–water partition coefficient (Wildman–Crippen LogP) is 2.43. The van der Waals surface area contributed by atoms with Crippen molar-refractivity contribution >= 4 is 17.9 Å². The van der Waals surface area contributed by atoms with Crippen LogP contribution in [0.2, 0.25) is 0 Å². The zero-order valence-corrected chi connectivity index (χ0v) is 18.5. The van der Waals surface area contributed by atoms with Gasteiger partial charge in [0.25, 0.3) is 0 Å². The third-order valence-electron chi connectivity index (χ3n) is 6.27. The lowest BCUT2D eigenvalue weighted by Crippen LogP contribution is -2.54. The molecule has 0 radical (unpaired) electrons. The first-order valence-corrected chi connectivity index (χ1v) is 11.1. The minimum Gasteiger partial charge on any atom is -0.464 e. The Hall–Kier alpha value is -3.07. The average Bonchev–Trinajstić information content (AvgIpc) is 2.83. The highest BCUT2D eigenvalue weighted by atomic mass is 16.6. The van der Waals surface area contributed by atoms with E-state index >= 15 is 0 Å². The molecule has 2 aliphatic rings. The molecule has 0 bridgehead atoms. The van der Waals surface area contributed by atoms with Crippen molar-refractivity contribution in [2.24, 2.45) is 28.6 Å². The van der Waals surface area contributed by atoms with Gasteiger partial charge in [0.2, 0.25) is 0 Å². The molecule has 9 nitrogen and oxygen atoms in total. The Bertz CT molecular complexity index is 842. The highest BCUT2D eigenvalue weighted by molar-refractivity contribution is 5.83. The Morgan fingerprint density at radius 1 is 1.25 bits per heavy atom. The van der Waals surface area contributed by atoms with Crippen LogP contribution in [0.5, 0.6) is 0 Å². The fourth-order valence-electron chi connectivity index (χ4n) is 4.56. The summed E-state index contributed by atoms with van der Waals surface area (Å²) in [4.78, 5) is 27.2. The Morgan fingerprint density at radius 3 is 2.72 bits per heavy atom. The van der Waals surface area contributed by atoms with Crippen molar-refractivity contribution in [1.29, 1.82) is 0 Å². The number of nitrogens with zero attached hydrogens (tertiary/aromatic N) is 2. The highest BCUT2D eigenvalue weighted by Crippen LogP contribution is 2.41. The van der Waals surface area contributed by atoms with Crippen LogP contribution in [0.4, 0.5) is 4.79 Å². The third kappa shape index (κ3) is 6.00. The molecule has 2 fully saturated rings. The standard InChI is InChI=1S/C23H33N5O4/c1-2-31-22(29)20-13-19-12-16(9-11-21(26-24)27-25)8-10-18(19)14-28(20)23(30)32-15-17-6-4-3-5-7-17/h3-7,9,18-20H,2,8,10-15,24-25H2,1H3,(H,26,27)/b16-9+. The van der Waals surface area contributed by atoms with Crippen molar-refractivity contribution < 1.29 is 19.1 Å². The lowest BCUT2D eigenvalue weighted by atomic mass is 9.71. The Kier molecular flexibility index (Phi) is 8.49. The van der Waals surface area contributed by atoms with E-state index in [2.05, 4.69) is 16.6 Å². The number of nitrogens with one attached hydrogen (secondary N) is 1. The second-order valence-electron chi connectivity index (χ2n) is 8.25. The Balaban J connectivity index is 1.67. The molecule has 3 atom stereocenters. The summed E-state index contributed by atoms with van der Waals surface area (Å²) >= 11 is 0. The van der Waals surface area contributed by atoms with Crippen molar-refractivity contribution in [3.8, 4) is 0 Å². The molecule has 1 aliphatic carbocycles. The van der Waals surface area contributed by atoms with E-state index in [1.165, 1.54) is 5.57 Å². The van der Waals surface area contributed by atoms with Crippen LogP contribution in [0.25, 0.3) is 0 Å². The summed E-state index contributed by atoms with van der Waals surface area (Å²) in [5, 5.41) is 3.61. The topological polar surface area (TPSA) is 132 Å². The number of benzene rings is 1. The molecular weight excluding hydrogens is 410 g/mol. The fraction of sp³-hybridized carbons (Fsp3) is 0.522. The summed E-state index contributed by atoms with van der Waals surface area (Å²) in [6.07, 6.45) is 5.48. The number of esters is 1. The van der Waals surface area contributed by atoms with E-state index in [0.29, 0.717) is 37.1 Å². The maximum Gasteiger partial charge on any atom is 0.410 e. The van der Waals surface area contributed by atoms with Gasteiger partial charge in [-0.3, -0.25) is 4.90 Å². The van der Waals surface area contributed by atoms with Gasteiger partial charge in [-0.15, -0.1) is 0 Å². The molecule has 1 saturated heterocycles. The zero-order valence-electron chi connectivity index (χ0n) is 18.5. The van der Waals surface area contributed by atoms with Gasteiger partial charge in [-0.2, -0.15) is 5.10 Å². The van der Waals surface area contributed by atoms with E-state index in [4.69, 9.17) is 21.2 Å². The molecule has 1 heterocycles. The number of hydrogen-bond donors (Lipinski definition) is 3. The number of hydrogen-bond acceptors (Lipinski definition) is 7. The van der Waals surface area contributed by atoms with Crippen molar-refractivity contribution in [3.63, 3.8) is 0 Å². The summed E-state index contributed by atoms with van der Waals surface area (Å²) in [6.45, 7) is 2.71. The van der Waals surface area contributed by atoms with Gasteiger partial charge in [0.15, 0.2) is 0 Å². The number of amidine groups is 1. The van der Waals surface area contributed by atoms with Gasteiger partial charge in [0.1, 0.15) is 18.5 Å². The molecule has 0 spiro atoms. The van der Waals surface area contributed by atoms with Gasteiger partial charge in [-0.1, -0.05) is 42.0 Å². The van der Waals surface area contributed by atoms with E-state index in [0.717, 1.165) is 24.8 Å². The molecule has 1 aliphatic heterocycles. The first kappa shape index (κ1) is 23.6. The number of allylic oxidation sites excluding steroid dienone is 1. The maximum atomic E-state index is 12.9. The average molecular weight is 444 g/mol. The third-order valence-corrected chi connectivity index (χ3v) is 6.27. The van der Waals surface area contributed by atoms with Crippen LogP contribution in [0.3, 0.4) is 0 Å². The molecule has 5 N–H and O–H groups in total. The highest BCUT2D eigenvalue weighted by Gasteiger charge is 2.44. The Labute approximate surface area is 188 Å². The number of fused-ring (bicyclic) bond motifs is 1. The predicted molar refractivity (Wildman–Crippen MR) is 121 cm³/mol. The molecule has 1 saturated carbocycles. The Morgan fingerprint density at radius 2 is 2.03 bits per heavy atom.